The molecule has 0 bridgehead atoms. The fraction of sp³-hybridized carbons (Fsp3) is 0.286. The van der Waals surface area contributed by atoms with Gasteiger partial charge in [-0.15, -0.1) is 13.2 Å². The van der Waals surface area contributed by atoms with E-state index < -0.39 is 18.7 Å². The summed E-state index contributed by atoms with van der Waals surface area (Å²) in [6.07, 6.45) is -3.99. The molecule has 1 heterocycles. The number of rotatable bonds is 2. The summed E-state index contributed by atoms with van der Waals surface area (Å²) in [6, 6.07) is 1.10. The number of nitrogens with zero attached hydrogens (tertiary/aromatic N) is 1. The average molecular weight is 228 g/mol. The van der Waals surface area contributed by atoms with Crippen LogP contribution in [0.25, 0.3) is 0 Å². The van der Waals surface area contributed by atoms with Gasteiger partial charge in [0.1, 0.15) is 0 Å². The van der Waals surface area contributed by atoms with Crippen molar-refractivity contribution in [3.8, 4) is 5.75 Å². The number of halogens is 4. The first-order chi connectivity index (χ1) is 6.42. The van der Waals surface area contributed by atoms with Crippen molar-refractivity contribution < 1.29 is 23.0 Å². The number of pyridine rings is 1. The van der Waals surface area contributed by atoms with Gasteiger partial charge in [0.2, 0.25) is 0 Å². The van der Waals surface area contributed by atoms with Crippen LogP contribution in [-0.2, 0) is 6.61 Å². The number of alkyl halides is 3. The molecule has 1 rings (SSSR count). The summed E-state index contributed by atoms with van der Waals surface area (Å²) in [6.45, 7) is -0.397. The standard InChI is InChI=1S/C7H5ClF3NO2/c8-5-1-4(3-13)12-2-6(5)14-7(9,10)11/h1-2,13H,3H2. The fourth-order valence-electron chi connectivity index (χ4n) is 0.744. The topological polar surface area (TPSA) is 42.4 Å². The van der Waals surface area contributed by atoms with Gasteiger partial charge in [-0.2, -0.15) is 0 Å². The quantitative estimate of drug-likeness (QED) is 0.842. The van der Waals surface area contributed by atoms with E-state index in [0.29, 0.717) is 0 Å². The predicted molar refractivity (Wildman–Crippen MR) is 41.9 cm³/mol. The third-order valence-corrected chi connectivity index (χ3v) is 1.56. The molecular formula is C7H5ClF3NO2. The minimum absolute atomic E-state index is 0.171. The van der Waals surface area contributed by atoms with Crippen LogP contribution in [0.5, 0.6) is 5.75 Å². The van der Waals surface area contributed by atoms with E-state index >= 15 is 0 Å². The highest BCUT2D eigenvalue weighted by molar-refractivity contribution is 6.32. The van der Waals surface area contributed by atoms with Gasteiger partial charge in [0, 0.05) is 0 Å². The second-order valence-electron chi connectivity index (χ2n) is 2.31. The molecule has 1 aromatic heterocycles. The van der Waals surface area contributed by atoms with E-state index in [1.807, 2.05) is 0 Å². The van der Waals surface area contributed by atoms with Crippen LogP contribution < -0.4 is 4.74 Å². The highest BCUT2D eigenvalue weighted by atomic mass is 35.5. The zero-order chi connectivity index (χ0) is 10.8. The van der Waals surface area contributed by atoms with Crippen molar-refractivity contribution in [1.82, 2.24) is 4.98 Å². The van der Waals surface area contributed by atoms with E-state index in [2.05, 4.69) is 9.72 Å². The van der Waals surface area contributed by atoms with E-state index in [1.54, 1.807) is 0 Å². The molecule has 1 aromatic rings. The first-order valence-corrected chi connectivity index (χ1v) is 3.81. The maximum Gasteiger partial charge on any atom is 0.573 e. The monoisotopic (exact) mass is 227 g/mol. The molecule has 0 radical (unpaired) electrons. The van der Waals surface area contributed by atoms with Crippen LogP contribution in [0.1, 0.15) is 5.69 Å². The van der Waals surface area contributed by atoms with Gasteiger partial charge in [0.25, 0.3) is 0 Å². The summed E-state index contributed by atoms with van der Waals surface area (Å²) in [5, 5.41) is 8.35. The predicted octanol–water partition coefficient (Wildman–Crippen LogP) is 2.13. The van der Waals surface area contributed by atoms with Crippen LogP contribution in [0.3, 0.4) is 0 Å². The highest BCUT2D eigenvalue weighted by Gasteiger charge is 2.32. The van der Waals surface area contributed by atoms with Crippen LogP contribution in [-0.4, -0.2) is 16.5 Å². The van der Waals surface area contributed by atoms with Crippen LogP contribution in [0.4, 0.5) is 13.2 Å². The minimum Gasteiger partial charge on any atom is -0.403 e. The van der Waals surface area contributed by atoms with Crippen molar-refractivity contribution >= 4 is 11.6 Å². The molecule has 0 aliphatic rings. The first-order valence-electron chi connectivity index (χ1n) is 3.43. The summed E-state index contributed by atoms with van der Waals surface area (Å²) < 4.78 is 38.8. The molecule has 3 nitrogen and oxygen atoms in total. The van der Waals surface area contributed by atoms with Crippen molar-refractivity contribution in [3.05, 3.63) is 23.0 Å². The van der Waals surface area contributed by atoms with Gasteiger partial charge in [-0.1, -0.05) is 11.6 Å². The third kappa shape index (κ3) is 3.04. The normalized spacial score (nSPS) is 11.5. The largest absolute Gasteiger partial charge is 0.573 e. The lowest BCUT2D eigenvalue weighted by atomic mass is 10.3. The molecule has 0 spiro atoms. The Morgan fingerprint density at radius 3 is 2.57 bits per heavy atom. The van der Waals surface area contributed by atoms with Gasteiger partial charge in [-0.05, 0) is 6.07 Å². The van der Waals surface area contributed by atoms with E-state index in [4.69, 9.17) is 16.7 Å². The van der Waals surface area contributed by atoms with Crippen molar-refractivity contribution in [2.75, 3.05) is 0 Å². The molecule has 0 aliphatic carbocycles. The molecule has 0 atom stereocenters. The Bertz CT molecular complexity index is 329. The molecule has 7 heteroatoms. The smallest absolute Gasteiger partial charge is 0.403 e. The van der Waals surface area contributed by atoms with Crippen molar-refractivity contribution in [3.63, 3.8) is 0 Å². The molecule has 0 saturated heterocycles. The molecular weight excluding hydrogens is 223 g/mol. The van der Waals surface area contributed by atoms with Gasteiger partial charge in [-0.3, -0.25) is 4.98 Å². The Hall–Kier alpha value is -1.01. The summed E-state index contributed by atoms with van der Waals surface area (Å²) in [7, 11) is 0. The SMILES string of the molecule is OCc1cc(Cl)c(OC(F)(F)F)cn1. The van der Waals surface area contributed by atoms with E-state index in [0.717, 1.165) is 12.3 Å². The van der Waals surface area contributed by atoms with Crippen molar-refractivity contribution in [1.29, 1.82) is 0 Å². The van der Waals surface area contributed by atoms with Gasteiger partial charge in [0.05, 0.1) is 23.5 Å². The van der Waals surface area contributed by atoms with Crippen LogP contribution in [0, 0.1) is 0 Å². The summed E-state index contributed by atoms with van der Waals surface area (Å²) >= 11 is 5.44. The van der Waals surface area contributed by atoms with Crippen LogP contribution in [0.2, 0.25) is 5.02 Å². The number of hydrogen-bond donors (Lipinski definition) is 1. The number of aromatic nitrogens is 1. The second-order valence-corrected chi connectivity index (χ2v) is 2.72. The Kier molecular flexibility index (Phi) is 3.17. The second kappa shape index (κ2) is 4.02. The molecule has 0 aliphatic heterocycles. The fourth-order valence-corrected chi connectivity index (χ4v) is 0.957. The molecule has 0 unspecified atom stereocenters. The summed E-state index contributed by atoms with van der Waals surface area (Å²) in [4.78, 5) is 3.48. The lowest BCUT2D eigenvalue weighted by Crippen LogP contribution is -2.17. The molecule has 0 saturated carbocycles. The van der Waals surface area contributed by atoms with Crippen LogP contribution in [0.15, 0.2) is 12.3 Å². The summed E-state index contributed by atoms with van der Waals surface area (Å²) in [5.41, 5.74) is 0.171. The zero-order valence-corrected chi connectivity index (χ0v) is 7.43. The van der Waals surface area contributed by atoms with Gasteiger partial charge < -0.3 is 9.84 Å². The lowest BCUT2D eigenvalue weighted by Gasteiger charge is -2.09. The summed E-state index contributed by atoms with van der Waals surface area (Å²) in [5.74, 6) is -0.587. The Morgan fingerprint density at radius 1 is 1.50 bits per heavy atom. The molecule has 0 aromatic carbocycles. The van der Waals surface area contributed by atoms with Gasteiger partial charge in [0.15, 0.2) is 5.75 Å². The van der Waals surface area contributed by atoms with E-state index in [1.165, 1.54) is 0 Å². The minimum atomic E-state index is -4.80. The molecule has 0 amide bonds. The van der Waals surface area contributed by atoms with Crippen molar-refractivity contribution in [2.24, 2.45) is 0 Å². The van der Waals surface area contributed by atoms with E-state index in [-0.39, 0.29) is 10.7 Å². The van der Waals surface area contributed by atoms with Gasteiger partial charge in [-0.25, -0.2) is 0 Å². The lowest BCUT2D eigenvalue weighted by molar-refractivity contribution is -0.274. The first kappa shape index (κ1) is 11.1. The maximum atomic E-state index is 11.7. The highest BCUT2D eigenvalue weighted by Crippen LogP contribution is 2.29. The number of aliphatic hydroxyl groups is 1. The molecule has 1 N–H and O–H groups in total. The molecule has 78 valence electrons. The number of ether oxygens (including phenoxy) is 1. The Labute approximate surface area is 82.1 Å². The Morgan fingerprint density at radius 2 is 2.14 bits per heavy atom. The number of aliphatic hydroxyl groups excluding tert-OH is 1. The zero-order valence-electron chi connectivity index (χ0n) is 6.68. The van der Waals surface area contributed by atoms with Gasteiger partial charge >= 0.3 is 6.36 Å². The van der Waals surface area contributed by atoms with Crippen molar-refractivity contribution in [2.45, 2.75) is 13.0 Å². The Balaban J connectivity index is 2.89. The average Bonchev–Trinajstić information content (AvgIpc) is 2.06. The van der Waals surface area contributed by atoms with Crippen LogP contribution >= 0.6 is 11.6 Å². The molecule has 14 heavy (non-hydrogen) atoms. The maximum absolute atomic E-state index is 11.7. The third-order valence-electron chi connectivity index (χ3n) is 1.26. The van der Waals surface area contributed by atoms with E-state index in [9.17, 15) is 13.2 Å². The number of hydrogen-bond acceptors (Lipinski definition) is 3. The molecule has 0 fully saturated rings.